The first-order valence-corrected chi connectivity index (χ1v) is 8.66. The van der Waals surface area contributed by atoms with Gasteiger partial charge in [0.15, 0.2) is 0 Å². The Hall–Kier alpha value is -1.11. The van der Waals surface area contributed by atoms with Crippen molar-refractivity contribution in [2.24, 2.45) is 0 Å². The molecular formula is C17H30BN3O2. The summed E-state index contributed by atoms with van der Waals surface area (Å²) in [7, 11) is -0.334. The molecule has 0 amide bonds. The summed E-state index contributed by atoms with van der Waals surface area (Å²) in [6.07, 6.45) is 1.87. The van der Waals surface area contributed by atoms with Gasteiger partial charge in [-0.2, -0.15) is 0 Å². The van der Waals surface area contributed by atoms with Gasteiger partial charge in [0.25, 0.3) is 0 Å². The minimum atomic E-state index is -0.334. The molecule has 2 aliphatic heterocycles. The molecule has 2 saturated heterocycles. The predicted molar refractivity (Wildman–Crippen MR) is 96.4 cm³/mol. The fraction of sp³-hybridized carbons (Fsp3) is 0.706. The first-order valence-electron chi connectivity index (χ1n) is 8.66. The molecule has 0 aromatic carbocycles. The molecule has 0 saturated carbocycles. The van der Waals surface area contributed by atoms with Crippen LogP contribution in [0, 0.1) is 0 Å². The smallest absolute Gasteiger partial charge is 0.399 e. The minimum Gasteiger partial charge on any atom is -0.399 e. The third-order valence-corrected chi connectivity index (χ3v) is 4.74. The third kappa shape index (κ3) is 3.87. The van der Waals surface area contributed by atoms with E-state index in [1.807, 2.05) is 20.0 Å². The molecule has 2 aliphatic rings. The van der Waals surface area contributed by atoms with Gasteiger partial charge in [-0.15, -0.1) is 0 Å². The third-order valence-electron chi connectivity index (χ3n) is 4.74. The summed E-state index contributed by atoms with van der Waals surface area (Å²) in [6, 6.07) is 4.12. The highest BCUT2D eigenvalue weighted by Gasteiger charge is 2.51. The van der Waals surface area contributed by atoms with Gasteiger partial charge in [-0.05, 0) is 33.8 Å². The molecule has 0 unspecified atom stereocenters. The Morgan fingerprint density at radius 2 is 1.61 bits per heavy atom. The van der Waals surface area contributed by atoms with E-state index in [4.69, 9.17) is 9.31 Å². The highest BCUT2D eigenvalue weighted by atomic mass is 16.7. The standard InChI is InChI=1S/C15H24BN3O2.C2H6/c1-14(2)15(3,4)21-16(20-14)12-5-6-13(18-11-12)19-9-7-17-8-10-19;1-2/h5-6,11,17H,7-10H2,1-4H3;1-2H3. The van der Waals surface area contributed by atoms with Crippen molar-refractivity contribution in [1.82, 2.24) is 10.3 Å². The Morgan fingerprint density at radius 1 is 1.04 bits per heavy atom. The van der Waals surface area contributed by atoms with Crippen LogP contribution in [0.5, 0.6) is 0 Å². The van der Waals surface area contributed by atoms with Crippen LogP contribution < -0.4 is 15.7 Å². The average molecular weight is 319 g/mol. The second-order valence-electron chi connectivity index (χ2n) is 6.78. The lowest BCUT2D eigenvalue weighted by Crippen LogP contribution is -2.44. The quantitative estimate of drug-likeness (QED) is 0.843. The van der Waals surface area contributed by atoms with Crippen LogP contribution in [-0.2, 0) is 9.31 Å². The monoisotopic (exact) mass is 319 g/mol. The van der Waals surface area contributed by atoms with Gasteiger partial charge in [-0.3, -0.25) is 0 Å². The fourth-order valence-corrected chi connectivity index (χ4v) is 2.60. The molecule has 2 fully saturated rings. The molecule has 0 aliphatic carbocycles. The van der Waals surface area contributed by atoms with Gasteiger partial charge in [0.2, 0.25) is 0 Å². The molecule has 1 aromatic rings. The zero-order valence-corrected chi connectivity index (χ0v) is 15.3. The van der Waals surface area contributed by atoms with E-state index in [0.717, 1.165) is 37.5 Å². The van der Waals surface area contributed by atoms with Crippen molar-refractivity contribution in [2.45, 2.75) is 52.7 Å². The number of rotatable bonds is 2. The summed E-state index contributed by atoms with van der Waals surface area (Å²) >= 11 is 0. The number of hydrogen-bond donors (Lipinski definition) is 1. The molecule has 23 heavy (non-hydrogen) atoms. The van der Waals surface area contributed by atoms with Crippen molar-refractivity contribution in [3.63, 3.8) is 0 Å². The lowest BCUT2D eigenvalue weighted by atomic mass is 9.80. The van der Waals surface area contributed by atoms with Crippen molar-refractivity contribution in [1.29, 1.82) is 0 Å². The molecule has 0 atom stereocenters. The molecule has 6 heteroatoms. The van der Waals surface area contributed by atoms with Gasteiger partial charge in [-0.1, -0.05) is 19.9 Å². The molecule has 0 radical (unpaired) electrons. The molecule has 3 heterocycles. The second-order valence-corrected chi connectivity index (χ2v) is 6.78. The van der Waals surface area contributed by atoms with E-state index in [9.17, 15) is 0 Å². The van der Waals surface area contributed by atoms with E-state index in [2.05, 4.69) is 55.0 Å². The zero-order chi connectivity index (χ0) is 17.1. The molecule has 1 aromatic heterocycles. The number of hydrogen-bond acceptors (Lipinski definition) is 5. The first-order chi connectivity index (χ1) is 10.9. The van der Waals surface area contributed by atoms with Crippen LogP contribution in [0.25, 0.3) is 0 Å². The van der Waals surface area contributed by atoms with Crippen molar-refractivity contribution in [2.75, 3.05) is 31.1 Å². The lowest BCUT2D eigenvalue weighted by Gasteiger charge is -2.32. The SMILES string of the molecule is CC.CC1(C)OB(c2ccc(N3CCNCC3)nc2)OC1(C)C. The van der Waals surface area contributed by atoms with Crippen molar-refractivity contribution in [3.05, 3.63) is 18.3 Å². The number of nitrogens with zero attached hydrogens (tertiary/aromatic N) is 2. The Kier molecular flexibility index (Phi) is 5.71. The molecule has 5 nitrogen and oxygen atoms in total. The number of anilines is 1. The number of pyridine rings is 1. The van der Waals surface area contributed by atoms with Crippen molar-refractivity contribution >= 4 is 18.4 Å². The summed E-state index contributed by atoms with van der Waals surface area (Å²) in [5, 5.41) is 3.35. The summed E-state index contributed by atoms with van der Waals surface area (Å²) in [4.78, 5) is 6.88. The summed E-state index contributed by atoms with van der Waals surface area (Å²) in [5.74, 6) is 1.02. The molecular weight excluding hydrogens is 289 g/mol. The van der Waals surface area contributed by atoms with Crippen molar-refractivity contribution < 1.29 is 9.31 Å². The average Bonchev–Trinajstić information content (AvgIpc) is 2.78. The lowest BCUT2D eigenvalue weighted by molar-refractivity contribution is 0.00578. The van der Waals surface area contributed by atoms with Crippen LogP contribution in [0.3, 0.4) is 0 Å². The Bertz CT molecular complexity index is 483. The van der Waals surface area contributed by atoms with E-state index < -0.39 is 0 Å². The van der Waals surface area contributed by atoms with Crippen LogP contribution in [0.4, 0.5) is 5.82 Å². The molecule has 3 rings (SSSR count). The normalized spacial score (nSPS) is 22.5. The summed E-state index contributed by atoms with van der Waals surface area (Å²) < 4.78 is 12.1. The Balaban J connectivity index is 0.000000924. The van der Waals surface area contributed by atoms with Gasteiger partial charge >= 0.3 is 7.12 Å². The Morgan fingerprint density at radius 3 is 2.09 bits per heavy atom. The molecule has 1 N–H and O–H groups in total. The van der Waals surface area contributed by atoms with E-state index in [1.165, 1.54) is 0 Å². The summed E-state index contributed by atoms with van der Waals surface area (Å²) in [6.45, 7) is 16.3. The zero-order valence-electron chi connectivity index (χ0n) is 15.3. The highest BCUT2D eigenvalue weighted by Crippen LogP contribution is 2.36. The van der Waals surface area contributed by atoms with Crippen LogP contribution in [0.15, 0.2) is 18.3 Å². The Labute approximate surface area is 140 Å². The number of piperazine rings is 1. The van der Waals surface area contributed by atoms with Gasteiger partial charge < -0.3 is 19.5 Å². The van der Waals surface area contributed by atoms with E-state index in [0.29, 0.717) is 0 Å². The topological polar surface area (TPSA) is 46.6 Å². The number of aromatic nitrogens is 1. The largest absolute Gasteiger partial charge is 0.496 e. The number of nitrogens with one attached hydrogen (secondary N) is 1. The van der Waals surface area contributed by atoms with Crippen LogP contribution in [0.2, 0.25) is 0 Å². The van der Waals surface area contributed by atoms with Crippen LogP contribution in [-0.4, -0.2) is 49.5 Å². The van der Waals surface area contributed by atoms with Crippen molar-refractivity contribution in [3.8, 4) is 0 Å². The first kappa shape index (κ1) is 18.2. The fourth-order valence-electron chi connectivity index (χ4n) is 2.60. The highest BCUT2D eigenvalue weighted by molar-refractivity contribution is 6.62. The van der Waals surface area contributed by atoms with Crippen LogP contribution >= 0.6 is 0 Å². The maximum atomic E-state index is 6.05. The van der Waals surface area contributed by atoms with Gasteiger partial charge in [-0.25, -0.2) is 4.98 Å². The van der Waals surface area contributed by atoms with Gasteiger partial charge in [0.05, 0.1) is 11.2 Å². The van der Waals surface area contributed by atoms with Crippen LogP contribution in [0.1, 0.15) is 41.5 Å². The minimum absolute atomic E-state index is 0.311. The maximum absolute atomic E-state index is 6.05. The van der Waals surface area contributed by atoms with Gasteiger partial charge in [0, 0.05) is 37.8 Å². The predicted octanol–water partition coefficient (Wildman–Crippen LogP) is 1.82. The van der Waals surface area contributed by atoms with E-state index in [1.54, 1.807) is 0 Å². The molecule has 0 bridgehead atoms. The second kappa shape index (κ2) is 7.20. The maximum Gasteiger partial charge on any atom is 0.496 e. The van der Waals surface area contributed by atoms with E-state index in [-0.39, 0.29) is 18.3 Å². The summed E-state index contributed by atoms with van der Waals surface area (Å²) in [5.41, 5.74) is 0.358. The van der Waals surface area contributed by atoms with E-state index >= 15 is 0 Å². The molecule has 128 valence electrons. The van der Waals surface area contributed by atoms with Gasteiger partial charge in [0.1, 0.15) is 5.82 Å². The molecule has 0 spiro atoms.